The van der Waals surface area contributed by atoms with E-state index in [0.29, 0.717) is 25.4 Å². The minimum absolute atomic E-state index is 0.0270. The van der Waals surface area contributed by atoms with Crippen molar-refractivity contribution < 1.29 is 4.79 Å². The highest BCUT2D eigenvalue weighted by Crippen LogP contribution is 2.27. The van der Waals surface area contributed by atoms with E-state index in [0.717, 1.165) is 25.7 Å². The second-order valence-corrected chi connectivity index (χ2v) is 4.48. The predicted octanol–water partition coefficient (Wildman–Crippen LogP) is 1.41. The van der Waals surface area contributed by atoms with Crippen LogP contribution in [0, 0.1) is 11.3 Å². The van der Waals surface area contributed by atoms with E-state index < -0.39 is 0 Å². The van der Waals surface area contributed by atoms with Crippen LogP contribution in [0.5, 0.6) is 0 Å². The molecule has 0 aromatic heterocycles. The Hall–Kier alpha value is -1.08. The first-order valence-corrected chi connectivity index (χ1v) is 6.11. The fourth-order valence-electron chi connectivity index (χ4n) is 1.88. The lowest BCUT2D eigenvalue weighted by Gasteiger charge is -2.22. The van der Waals surface area contributed by atoms with Gasteiger partial charge in [0.25, 0.3) is 0 Å². The summed E-state index contributed by atoms with van der Waals surface area (Å²) in [4.78, 5) is 13.8. The van der Waals surface area contributed by atoms with Crippen molar-refractivity contribution in [2.24, 2.45) is 5.73 Å². The zero-order valence-corrected chi connectivity index (χ0v) is 9.98. The molecule has 1 unspecified atom stereocenters. The normalized spacial score (nSPS) is 16.6. The smallest absolute Gasteiger partial charge is 0.224 e. The quantitative estimate of drug-likeness (QED) is 0.709. The van der Waals surface area contributed by atoms with Crippen molar-refractivity contribution in [3.63, 3.8) is 0 Å². The summed E-state index contributed by atoms with van der Waals surface area (Å²) < 4.78 is 0. The second kappa shape index (κ2) is 6.49. The Morgan fingerprint density at radius 2 is 2.31 bits per heavy atom. The highest BCUT2D eigenvalue weighted by Gasteiger charge is 2.32. The van der Waals surface area contributed by atoms with E-state index >= 15 is 0 Å². The standard InChI is InChI=1S/C12H21N3O/c1-2-4-10(14)9-12(16)15(8-3-7-13)11-5-6-11/h10-11H,2-6,8-9,14H2,1H3. The van der Waals surface area contributed by atoms with Gasteiger partial charge in [-0.05, 0) is 19.3 Å². The van der Waals surface area contributed by atoms with E-state index in [1.807, 2.05) is 4.90 Å². The average molecular weight is 223 g/mol. The highest BCUT2D eigenvalue weighted by molar-refractivity contribution is 5.77. The SMILES string of the molecule is CCCC(N)CC(=O)N(CCC#N)C1CC1. The molecule has 0 aromatic carbocycles. The molecule has 1 amide bonds. The van der Waals surface area contributed by atoms with Crippen molar-refractivity contribution in [2.75, 3.05) is 6.54 Å². The molecule has 0 aliphatic heterocycles. The molecule has 1 aliphatic rings. The third-order valence-electron chi connectivity index (χ3n) is 2.87. The van der Waals surface area contributed by atoms with Gasteiger partial charge in [0.2, 0.25) is 5.91 Å². The van der Waals surface area contributed by atoms with Crippen molar-refractivity contribution in [1.29, 1.82) is 5.26 Å². The zero-order chi connectivity index (χ0) is 12.0. The number of nitrogens with two attached hydrogens (primary N) is 1. The van der Waals surface area contributed by atoms with Gasteiger partial charge < -0.3 is 10.6 Å². The van der Waals surface area contributed by atoms with Gasteiger partial charge in [-0.15, -0.1) is 0 Å². The van der Waals surface area contributed by atoms with E-state index in [4.69, 9.17) is 11.0 Å². The molecule has 0 saturated heterocycles. The predicted molar refractivity (Wildman–Crippen MR) is 62.5 cm³/mol. The number of amides is 1. The fourth-order valence-corrected chi connectivity index (χ4v) is 1.88. The number of nitrogens with zero attached hydrogens (tertiary/aromatic N) is 2. The van der Waals surface area contributed by atoms with Gasteiger partial charge in [-0.25, -0.2) is 0 Å². The number of carbonyl (C=O) groups is 1. The van der Waals surface area contributed by atoms with Gasteiger partial charge in [-0.2, -0.15) is 5.26 Å². The fraction of sp³-hybridized carbons (Fsp3) is 0.833. The van der Waals surface area contributed by atoms with Crippen LogP contribution in [0.15, 0.2) is 0 Å². The third kappa shape index (κ3) is 4.19. The van der Waals surface area contributed by atoms with Crippen molar-refractivity contribution in [3.8, 4) is 6.07 Å². The Bertz CT molecular complexity index is 268. The first-order valence-electron chi connectivity index (χ1n) is 6.11. The molecule has 4 heteroatoms. The summed E-state index contributed by atoms with van der Waals surface area (Å²) in [5.41, 5.74) is 5.86. The molecule has 0 spiro atoms. The van der Waals surface area contributed by atoms with E-state index in [1.54, 1.807) is 0 Å². The molecule has 16 heavy (non-hydrogen) atoms. The lowest BCUT2D eigenvalue weighted by molar-refractivity contribution is -0.132. The van der Waals surface area contributed by atoms with Crippen molar-refractivity contribution >= 4 is 5.91 Å². The molecule has 90 valence electrons. The zero-order valence-electron chi connectivity index (χ0n) is 9.98. The molecule has 2 N–H and O–H groups in total. The van der Waals surface area contributed by atoms with Gasteiger partial charge in [0.15, 0.2) is 0 Å². The van der Waals surface area contributed by atoms with E-state index in [2.05, 4.69) is 13.0 Å². The lowest BCUT2D eigenvalue weighted by Crippen LogP contribution is -2.37. The van der Waals surface area contributed by atoms with Crippen LogP contribution in [0.4, 0.5) is 0 Å². The van der Waals surface area contributed by atoms with Crippen LogP contribution in [0.2, 0.25) is 0 Å². The van der Waals surface area contributed by atoms with Crippen LogP contribution >= 0.6 is 0 Å². The maximum Gasteiger partial charge on any atom is 0.224 e. The maximum atomic E-state index is 12.0. The molecular weight excluding hydrogens is 202 g/mol. The number of rotatable bonds is 7. The Kier molecular flexibility index (Phi) is 5.27. The van der Waals surface area contributed by atoms with Crippen LogP contribution in [0.1, 0.15) is 45.4 Å². The molecule has 0 radical (unpaired) electrons. The molecule has 0 bridgehead atoms. The molecule has 1 saturated carbocycles. The third-order valence-corrected chi connectivity index (χ3v) is 2.87. The topological polar surface area (TPSA) is 70.1 Å². The Balaban J connectivity index is 2.38. The molecule has 1 rings (SSSR count). The minimum Gasteiger partial charge on any atom is -0.339 e. The molecule has 1 aliphatic carbocycles. The average Bonchev–Trinajstić information content (AvgIpc) is 3.02. The van der Waals surface area contributed by atoms with Crippen molar-refractivity contribution in [3.05, 3.63) is 0 Å². The van der Waals surface area contributed by atoms with Crippen LogP contribution < -0.4 is 5.73 Å². The molecular formula is C12H21N3O. The number of hydrogen-bond donors (Lipinski definition) is 1. The summed E-state index contributed by atoms with van der Waals surface area (Å²) in [6, 6.07) is 2.45. The number of nitriles is 1. The summed E-state index contributed by atoms with van der Waals surface area (Å²) in [5.74, 6) is 0.124. The van der Waals surface area contributed by atoms with Gasteiger partial charge in [0, 0.05) is 25.0 Å². The van der Waals surface area contributed by atoms with Crippen LogP contribution in [0.3, 0.4) is 0 Å². The van der Waals surface area contributed by atoms with E-state index in [-0.39, 0.29) is 11.9 Å². The summed E-state index contributed by atoms with van der Waals surface area (Å²) in [7, 11) is 0. The van der Waals surface area contributed by atoms with Crippen LogP contribution in [-0.4, -0.2) is 29.4 Å². The summed E-state index contributed by atoms with van der Waals surface area (Å²) in [6.45, 7) is 2.64. The minimum atomic E-state index is -0.0270. The molecule has 1 atom stereocenters. The molecule has 4 nitrogen and oxygen atoms in total. The Morgan fingerprint density at radius 1 is 1.62 bits per heavy atom. The van der Waals surface area contributed by atoms with Crippen LogP contribution in [-0.2, 0) is 4.79 Å². The first-order chi connectivity index (χ1) is 7.69. The number of hydrogen-bond acceptors (Lipinski definition) is 3. The van der Waals surface area contributed by atoms with Crippen LogP contribution in [0.25, 0.3) is 0 Å². The van der Waals surface area contributed by atoms with Gasteiger partial charge in [-0.1, -0.05) is 13.3 Å². The Labute approximate surface area is 97.4 Å². The first kappa shape index (κ1) is 13.0. The second-order valence-electron chi connectivity index (χ2n) is 4.48. The maximum absolute atomic E-state index is 12.0. The highest BCUT2D eigenvalue weighted by atomic mass is 16.2. The van der Waals surface area contributed by atoms with E-state index in [9.17, 15) is 4.79 Å². The summed E-state index contributed by atoms with van der Waals surface area (Å²) in [6.07, 6.45) is 4.92. The van der Waals surface area contributed by atoms with Gasteiger partial charge in [0.05, 0.1) is 12.5 Å². The summed E-state index contributed by atoms with van der Waals surface area (Å²) >= 11 is 0. The van der Waals surface area contributed by atoms with Gasteiger partial charge in [-0.3, -0.25) is 4.79 Å². The monoisotopic (exact) mass is 223 g/mol. The molecule has 0 aromatic rings. The van der Waals surface area contributed by atoms with Crippen molar-refractivity contribution in [1.82, 2.24) is 4.90 Å². The molecule has 1 fully saturated rings. The van der Waals surface area contributed by atoms with E-state index in [1.165, 1.54) is 0 Å². The Morgan fingerprint density at radius 3 is 2.81 bits per heavy atom. The van der Waals surface area contributed by atoms with Gasteiger partial charge in [0.1, 0.15) is 0 Å². The number of carbonyl (C=O) groups excluding carboxylic acids is 1. The summed E-state index contributed by atoms with van der Waals surface area (Å²) in [5, 5.41) is 8.55. The lowest BCUT2D eigenvalue weighted by atomic mass is 10.1. The largest absolute Gasteiger partial charge is 0.339 e. The van der Waals surface area contributed by atoms with Gasteiger partial charge >= 0.3 is 0 Å². The van der Waals surface area contributed by atoms with Crippen molar-refractivity contribution in [2.45, 2.75) is 57.5 Å². The molecule has 0 heterocycles.